The second-order valence-electron chi connectivity index (χ2n) is 7.83. The minimum atomic E-state index is 0.0287. The fraction of sp³-hybridized carbons (Fsp3) is 0.240. The lowest BCUT2D eigenvalue weighted by Gasteiger charge is -2.20. The monoisotopic (exact) mass is 415 g/mol. The average Bonchev–Trinajstić information content (AvgIpc) is 3.13. The van der Waals surface area contributed by atoms with Gasteiger partial charge in [-0.05, 0) is 68.1 Å². The Morgan fingerprint density at radius 3 is 2.50 bits per heavy atom. The molecule has 0 atom stereocenters. The number of anilines is 1. The molecule has 0 saturated carbocycles. The fourth-order valence-corrected chi connectivity index (χ4v) is 4.85. The average molecular weight is 416 g/mol. The van der Waals surface area contributed by atoms with E-state index in [1.54, 1.807) is 22.4 Å². The SMILES string of the molecule is Cc1ccc(CC(=O)N(Cc2ccccn2)c2nc3c(C)cc(C)cc3s2)c(C)c1. The van der Waals surface area contributed by atoms with Crippen molar-refractivity contribution in [2.45, 2.75) is 40.7 Å². The normalized spacial score (nSPS) is 11.1. The van der Waals surface area contributed by atoms with Gasteiger partial charge in [0.15, 0.2) is 5.13 Å². The van der Waals surface area contributed by atoms with Crippen molar-refractivity contribution in [2.75, 3.05) is 4.90 Å². The molecule has 2 heterocycles. The van der Waals surface area contributed by atoms with Crippen LogP contribution in [0.15, 0.2) is 54.7 Å². The van der Waals surface area contributed by atoms with Crippen molar-refractivity contribution in [3.63, 3.8) is 0 Å². The molecule has 0 radical (unpaired) electrons. The second kappa shape index (κ2) is 8.36. The predicted octanol–water partition coefficient (Wildman–Crippen LogP) is 5.70. The minimum Gasteiger partial charge on any atom is -0.282 e. The van der Waals surface area contributed by atoms with Crippen molar-refractivity contribution in [1.82, 2.24) is 9.97 Å². The van der Waals surface area contributed by atoms with Crippen LogP contribution in [0.25, 0.3) is 10.2 Å². The van der Waals surface area contributed by atoms with Crippen molar-refractivity contribution in [1.29, 1.82) is 0 Å². The number of carbonyl (C=O) groups is 1. The summed E-state index contributed by atoms with van der Waals surface area (Å²) < 4.78 is 1.10. The van der Waals surface area contributed by atoms with Gasteiger partial charge < -0.3 is 0 Å². The topological polar surface area (TPSA) is 46.1 Å². The lowest BCUT2D eigenvalue weighted by molar-refractivity contribution is -0.118. The molecular weight excluding hydrogens is 390 g/mol. The molecule has 0 aliphatic rings. The lowest BCUT2D eigenvalue weighted by Crippen LogP contribution is -2.32. The third-order valence-electron chi connectivity index (χ3n) is 5.24. The summed E-state index contributed by atoms with van der Waals surface area (Å²) in [5, 5.41) is 0.721. The highest BCUT2D eigenvalue weighted by atomic mass is 32.1. The summed E-state index contributed by atoms with van der Waals surface area (Å²) in [7, 11) is 0. The summed E-state index contributed by atoms with van der Waals surface area (Å²) in [6, 6.07) is 16.3. The van der Waals surface area contributed by atoms with Crippen LogP contribution in [0, 0.1) is 27.7 Å². The number of nitrogens with zero attached hydrogens (tertiary/aromatic N) is 3. The van der Waals surface area contributed by atoms with Crippen LogP contribution in [0.1, 0.15) is 33.5 Å². The smallest absolute Gasteiger partial charge is 0.233 e. The largest absolute Gasteiger partial charge is 0.282 e. The molecule has 2 aromatic heterocycles. The zero-order valence-corrected chi connectivity index (χ0v) is 18.6. The van der Waals surface area contributed by atoms with E-state index in [9.17, 15) is 4.79 Å². The first-order chi connectivity index (χ1) is 14.4. The number of amides is 1. The van der Waals surface area contributed by atoms with Gasteiger partial charge in [0.05, 0.1) is 28.9 Å². The Labute approximate surface area is 181 Å². The second-order valence-corrected chi connectivity index (χ2v) is 8.84. The molecule has 0 aliphatic heterocycles. The van der Waals surface area contributed by atoms with Crippen molar-refractivity contribution < 1.29 is 4.79 Å². The molecule has 2 aromatic carbocycles. The van der Waals surface area contributed by atoms with Crippen LogP contribution < -0.4 is 4.90 Å². The van der Waals surface area contributed by atoms with Gasteiger partial charge in [0.25, 0.3) is 0 Å². The molecule has 0 aliphatic carbocycles. The first-order valence-electron chi connectivity index (χ1n) is 10.0. The summed E-state index contributed by atoms with van der Waals surface area (Å²) in [6.07, 6.45) is 2.10. The number of hydrogen-bond acceptors (Lipinski definition) is 4. The van der Waals surface area contributed by atoms with E-state index in [1.165, 1.54) is 11.1 Å². The van der Waals surface area contributed by atoms with Gasteiger partial charge in [-0.15, -0.1) is 0 Å². The highest BCUT2D eigenvalue weighted by Crippen LogP contribution is 2.32. The summed E-state index contributed by atoms with van der Waals surface area (Å²) in [4.78, 5) is 24.5. The molecule has 0 bridgehead atoms. The Balaban J connectivity index is 1.72. The van der Waals surface area contributed by atoms with Crippen LogP contribution in [-0.2, 0) is 17.8 Å². The highest BCUT2D eigenvalue weighted by Gasteiger charge is 2.22. The summed E-state index contributed by atoms with van der Waals surface area (Å²) in [6.45, 7) is 8.69. The van der Waals surface area contributed by atoms with Crippen molar-refractivity contribution in [3.05, 3.63) is 88.2 Å². The molecule has 4 aromatic rings. The third-order valence-corrected chi connectivity index (χ3v) is 6.26. The molecule has 0 fully saturated rings. The molecule has 1 amide bonds. The van der Waals surface area contributed by atoms with Gasteiger partial charge in [0.2, 0.25) is 5.91 Å². The first kappa shape index (κ1) is 20.2. The molecule has 30 heavy (non-hydrogen) atoms. The van der Waals surface area contributed by atoms with Crippen molar-refractivity contribution in [3.8, 4) is 0 Å². The molecule has 0 saturated heterocycles. The van der Waals surface area contributed by atoms with Gasteiger partial charge in [-0.3, -0.25) is 14.7 Å². The molecule has 5 heteroatoms. The predicted molar refractivity (Wildman–Crippen MR) is 124 cm³/mol. The molecule has 152 valence electrons. The van der Waals surface area contributed by atoms with Crippen LogP contribution >= 0.6 is 11.3 Å². The van der Waals surface area contributed by atoms with Crippen LogP contribution in [0.3, 0.4) is 0 Å². The van der Waals surface area contributed by atoms with Gasteiger partial charge in [0, 0.05) is 6.20 Å². The highest BCUT2D eigenvalue weighted by molar-refractivity contribution is 7.22. The zero-order chi connectivity index (χ0) is 21.3. The summed E-state index contributed by atoms with van der Waals surface area (Å²) >= 11 is 1.56. The number of fused-ring (bicyclic) bond motifs is 1. The Morgan fingerprint density at radius 2 is 1.77 bits per heavy atom. The van der Waals surface area contributed by atoms with Gasteiger partial charge in [0.1, 0.15) is 0 Å². The molecule has 0 unspecified atom stereocenters. The van der Waals surface area contributed by atoms with Gasteiger partial charge in [-0.2, -0.15) is 0 Å². The number of thiazole rings is 1. The zero-order valence-electron chi connectivity index (χ0n) is 17.8. The summed E-state index contributed by atoms with van der Waals surface area (Å²) in [5.41, 5.74) is 7.53. The number of aromatic nitrogens is 2. The number of hydrogen-bond donors (Lipinski definition) is 0. The van der Waals surface area contributed by atoms with E-state index in [-0.39, 0.29) is 5.91 Å². The minimum absolute atomic E-state index is 0.0287. The van der Waals surface area contributed by atoms with E-state index < -0.39 is 0 Å². The summed E-state index contributed by atoms with van der Waals surface area (Å²) in [5.74, 6) is 0.0287. The molecular formula is C25H25N3OS. The number of pyridine rings is 1. The van der Waals surface area contributed by atoms with Crippen molar-refractivity contribution >= 4 is 32.6 Å². The van der Waals surface area contributed by atoms with E-state index in [2.05, 4.69) is 56.9 Å². The van der Waals surface area contributed by atoms with E-state index in [4.69, 9.17) is 4.98 Å². The van der Waals surface area contributed by atoms with Gasteiger partial charge in [-0.25, -0.2) is 4.98 Å². The van der Waals surface area contributed by atoms with E-state index >= 15 is 0 Å². The fourth-order valence-electron chi connectivity index (χ4n) is 3.69. The van der Waals surface area contributed by atoms with Crippen LogP contribution in [-0.4, -0.2) is 15.9 Å². The Morgan fingerprint density at radius 1 is 0.967 bits per heavy atom. The van der Waals surface area contributed by atoms with E-state index in [0.29, 0.717) is 13.0 Å². The number of benzene rings is 2. The van der Waals surface area contributed by atoms with Crippen LogP contribution in [0.4, 0.5) is 5.13 Å². The third kappa shape index (κ3) is 4.26. The Kier molecular flexibility index (Phi) is 5.64. The van der Waals surface area contributed by atoms with Gasteiger partial charge in [-0.1, -0.05) is 47.2 Å². The molecule has 0 spiro atoms. The quantitative estimate of drug-likeness (QED) is 0.420. The first-order valence-corrected chi connectivity index (χ1v) is 10.9. The molecule has 0 N–H and O–H groups in total. The number of carbonyl (C=O) groups excluding carboxylic acids is 1. The van der Waals surface area contributed by atoms with Crippen LogP contribution in [0.5, 0.6) is 0 Å². The maximum atomic E-state index is 13.4. The maximum absolute atomic E-state index is 13.4. The van der Waals surface area contributed by atoms with Gasteiger partial charge >= 0.3 is 0 Å². The van der Waals surface area contributed by atoms with Crippen molar-refractivity contribution in [2.24, 2.45) is 0 Å². The Bertz CT molecular complexity index is 1210. The van der Waals surface area contributed by atoms with E-state index in [0.717, 1.165) is 37.7 Å². The van der Waals surface area contributed by atoms with E-state index in [1.807, 2.05) is 24.3 Å². The lowest BCUT2D eigenvalue weighted by atomic mass is 10.0. The maximum Gasteiger partial charge on any atom is 0.233 e. The molecule has 4 rings (SSSR count). The van der Waals surface area contributed by atoms with Crippen LogP contribution in [0.2, 0.25) is 0 Å². The Hall–Kier alpha value is -3.05. The number of rotatable bonds is 5. The molecule has 4 nitrogen and oxygen atoms in total. The number of aryl methyl sites for hydroxylation is 4. The standard InChI is InChI=1S/C25H25N3OS/c1-16-8-9-20(18(3)11-16)14-23(29)28(15-21-7-5-6-10-26-21)25-27-24-19(4)12-17(2)13-22(24)30-25/h5-13H,14-15H2,1-4H3.